The van der Waals surface area contributed by atoms with Crippen LogP contribution in [0.4, 0.5) is 5.69 Å². The summed E-state index contributed by atoms with van der Waals surface area (Å²) in [5.74, 6) is -0.294. The van der Waals surface area contributed by atoms with Crippen LogP contribution in [-0.4, -0.2) is 15.7 Å². The molecule has 0 aliphatic heterocycles. The van der Waals surface area contributed by atoms with Crippen molar-refractivity contribution in [3.8, 4) is 0 Å². The van der Waals surface area contributed by atoms with E-state index in [0.717, 1.165) is 22.4 Å². The van der Waals surface area contributed by atoms with E-state index in [1.807, 2.05) is 13.0 Å². The van der Waals surface area contributed by atoms with Crippen molar-refractivity contribution in [2.24, 2.45) is 0 Å². The van der Waals surface area contributed by atoms with Gasteiger partial charge in [0.25, 0.3) is 11.1 Å². The minimum absolute atomic E-state index is 0.0457. The van der Waals surface area contributed by atoms with E-state index in [-0.39, 0.29) is 24.4 Å². The lowest BCUT2D eigenvalue weighted by Gasteiger charge is -2.08. The first-order chi connectivity index (χ1) is 9.95. The van der Waals surface area contributed by atoms with Crippen molar-refractivity contribution in [2.45, 2.75) is 19.9 Å². The largest absolute Gasteiger partial charge is 0.325 e. The number of aromatic amines is 1. The third-order valence-corrected chi connectivity index (χ3v) is 3.16. The SMILES string of the molecule is Cc1ccc(NC(=O)CCn2[nH]c(=O)ccc2=O)c(Cl)c1. The van der Waals surface area contributed by atoms with E-state index in [1.54, 1.807) is 12.1 Å². The summed E-state index contributed by atoms with van der Waals surface area (Å²) in [5, 5.41) is 5.47. The van der Waals surface area contributed by atoms with Gasteiger partial charge >= 0.3 is 0 Å². The summed E-state index contributed by atoms with van der Waals surface area (Å²) in [4.78, 5) is 34.4. The minimum Gasteiger partial charge on any atom is -0.325 e. The highest BCUT2D eigenvalue weighted by atomic mass is 35.5. The average Bonchev–Trinajstić information content (AvgIpc) is 2.43. The zero-order valence-electron chi connectivity index (χ0n) is 11.4. The molecule has 1 amide bonds. The quantitative estimate of drug-likeness (QED) is 0.898. The van der Waals surface area contributed by atoms with Crippen LogP contribution >= 0.6 is 11.6 Å². The van der Waals surface area contributed by atoms with Crippen molar-refractivity contribution in [2.75, 3.05) is 5.32 Å². The Morgan fingerprint density at radius 3 is 2.76 bits per heavy atom. The van der Waals surface area contributed by atoms with Gasteiger partial charge in [0.05, 0.1) is 17.3 Å². The Balaban J connectivity index is 2.00. The van der Waals surface area contributed by atoms with Crippen molar-refractivity contribution in [1.82, 2.24) is 9.78 Å². The first kappa shape index (κ1) is 15.1. The molecule has 0 bridgehead atoms. The van der Waals surface area contributed by atoms with Crippen LogP contribution in [0.15, 0.2) is 39.9 Å². The third kappa shape index (κ3) is 4.06. The van der Waals surface area contributed by atoms with Gasteiger partial charge in [-0.15, -0.1) is 0 Å². The summed E-state index contributed by atoms with van der Waals surface area (Å²) >= 11 is 6.02. The number of aryl methyl sites for hydroxylation is 2. The highest BCUT2D eigenvalue weighted by Crippen LogP contribution is 2.22. The molecule has 2 aromatic rings. The predicted octanol–water partition coefficient (Wildman–Crippen LogP) is 1.53. The van der Waals surface area contributed by atoms with Gasteiger partial charge in [-0.1, -0.05) is 17.7 Å². The Bertz CT molecular complexity index is 780. The Hall–Kier alpha value is -2.34. The van der Waals surface area contributed by atoms with E-state index in [0.29, 0.717) is 10.7 Å². The Kier molecular flexibility index (Phi) is 4.59. The molecule has 0 aliphatic carbocycles. The van der Waals surface area contributed by atoms with Crippen molar-refractivity contribution in [3.63, 3.8) is 0 Å². The Labute approximate surface area is 125 Å². The fourth-order valence-corrected chi connectivity index (χ4v) is 2.06. The molecule has 0 spiro atoms. The molecule has 2 N–H and O–H groups in total. The number of nitrogens with one attached hydrogen (secondary N) is 2. The Morgan fingerprint density at radius 2 is 2.05 bits per heavy atom. The summed E-state index contributed by atoms with van der Waals surface area (Å²) in [7, 11) is 0. The monoisotopic (exact) mass is 307 g/mol. The third-order valence-electron chi connectivity index (χ3n) is 2.85. The van der Waals surface area contributed by atoms with Crippen LogP contribution in [-0.2, 0) is 11.3 Å². The number of rotatable bonds is 4. The van der Waals surface area contributed by atoms with Gasteiger partial charge in [0.15, 0.2) is 0 Å². The average molecular weight is 308 g/mol. The smallest absolute Gasteiger partial charge is 0.265 e. The van der Waals surface area contributed by atoms with Gasteiger partial charge in [-0.3, -0.25) is 19.5 Å². The van der Waals surface area contributed by atoms with Crippen molar-refractivity contribution in [3.05, 3.63) is 61.6 Å². The van der Waals surface area contributed by atoms with Gasteiger partial charge in [0.2, 0.25) is 5.91 Å². The predicted molar refractivity (Wildman–Crippen MR) is 80.8 cm³/mol. The number of nitrogens with zero attached hydrogens (tertiary/aromatic N) is 1. The highest BCUT2D eigenvalue weighted by Gasteiger charge is 2.07. The van der Waals surface area contributed by atoms with Crippen LogP contribution < -0.4 is 16.4 Å². The van der Waals surface area contributed by atoms with E-state index < -0.39 is 5.56 Å². The number of H-pyrrole nitrogens is 1. The van der Waals surface area contributed by atoms with Crippen LogP contribution in [0.3, 0.4) is 0 Å². The number of hydrogen-bond acceptors (Lipinski definition) is 3. The molecule has 2 rings (SSSR count). The summed E-state index contributed by atoms with van der Waals surface area (Å²) in [5.41, 5.74) is 0.750. The molecular weight excluding hydrogens is 294 g/mol. The normalized spacial score (nSPS) is 10.4. The number of aromatic nitrogens is 2. The van der Waals surface area contributed by atoms with E-state index in [1.165, 1.54) is 0 Å². The first-order valence-corrected chi connectivity index (χ1v) is 6.70. The molecule has 1 aromatic heterocycles. The van der Waals surface area contributed by atoms with Gasteiger partial charge in [0.1, 0.15) is 0 Å². The number of carbonyl (C=O) groups excluding carboxylic acids is 1. The highest BCUT2D eigenvalue weighted by molar-refractivity contribution is 6.33. The van der Waals surface area contributed by atoms with Crippen LogP contribution in [0.1, 0.15) is 12.0 Å². The maximum atomic E-state index is 11.8. The molecule has 6 nitrogen and oxygen atoms in total. The lowest BCUT2D eigenvalue weighted by atomic mass is 10.2. The van der Waals surface area contributed by atoms with Gasteiger partial charge < -0.3 is 5.32 Å². The number of amides is 1. The first-order valence-electron chi connectivity index (χ1n) is 6.32. The molecule has 0 unspecified atom stereocenters. The van der Waals surface area contributed by atoms with E-state index in [9.17, 15) is 14.4 Å². The van der Waals surface area contributed by atoms with Gasteiger partial charge in [-0.25, -0.2) is 4.68 Å². The molecule has 0 radical (unpaired) electrons. The van der Waals surface area contributed by atoms with Gasteiger partial charge in [-0.2, -0.15) is 0 Å². The molecule has 0 saturated heterocycles. The fraction of sp³-hybridized carbons (Fsp3) is 0.214. The molecule has 21 heavy (non-hydrogen) atoms. The second-order valence-corrected chi connectivity index (χ2v) is 4.99. The number of benzene rings is 1. The number of anilines is 1. The number of carbonyl (C=O) groups is 1. The summed E-state index contributed by atoms with van der Waals surface area (Å²) < 4.78 is 1.10. The standard InChI is InChI=1S/C14H14ClN3O3/c1-9-2-3-11(10(15)8-9)16-12(19)6-7-18-14(21)5-4-13(20)17-18/h2-5,8H,6-7H2,1H3,(H,16,19)(H,17,20). The number of hydrogen-bond donors (Lipinski definition) is 2. The van der Waals surface area contributed by atoms with Crippen LogP contribution in [0.5, 0.6) is 0 Å². The summed E-state index contributed by atoms with van der Waals surface area (Å²) in [6.07, 6.45) is 0.0457. The molecule has 0 saturated carbocycles. The van der Waals surface area contributed by atoms with Crippen molar-refractivity contribution >= 4 is 23.2 Å². The molecule has 110 valence electrons. The molecule has 1 aromatic carbocycles. The van der Waals surface area contributed by atoms with Crippen molar-refractivity contribution < 1.29 is 4.79 Å². The van der Waals surface area contributed by atoms with E-state index in [2.05, 4.69) is 10.4 Å². The Morgan fingerprint density at radius 1 is 1.29 bits per heavy atom. The maximum Gasteiger partial charge on any atom is 0.265 e. The van der Waals surface area contributed by atoms with Gasteiger partial charge in [-0.05, 0) is 24.6 Å². The topological polar surface area (TPSA) is 84.0 Å². The molecular formula is C14H14ClN3O3. The zero-order chi connectivity index (χ0) is 15.4. The second kappa shape index (κ2) is 6.41. The lowest BCUT2D eigenvalue weighted by molar-refractivity contribution is -0.116. The summed E-state index contributed by atoms with van der Waals surface area (Å²) in [6.45, 7) is 1.99. The molecule has 1 heterocycles. The lowest BCUT2D eigenvalue weighted by Crippen LogP contribution is -2.29. The molecule has 0 aliphatic rings. The maximum absolute atomic E-state index is 11.8. The zero-order valence-corrected chi connectivity index (χ0v) is 12.1. The van der Waals surface area contributed by atoms with Crippen LogP contribution in [0.2, 0.25) is 5.02 Å². The van der Waals surface area contributed by atoms with E-state index in [4.69, 9.17) is 11.6 Å². The van der Waals surface area contributed by atoms with Crippen molar-refractivity contribution in [1.29, 1.82) is 0 Å². The summed E-state index contributed by atoms with van der Waals surface area (Å²) in [6, 6.07) is 7.60. The van der Waals surface area contributed by atoms with Gasteiger partial charge in [0, 0.05) is 18.6 Å². The van der Waals surface area contributed by atoms with Crippen LogP contribution in [0, 0.1) is 6.92 Å². The second-order valence-electron chi connectivity index (χ2n) is 4.58. The molecule has 7 heteroatoms. The van der Waals surface area contributed by atoms with E-state index >= 15 is 0 Å². The molecule has 0 atom stereocenters. The fourth-order valence-electron chi connectivity index (χ4n) is 1.78. The minimum atomic E-state index is -0.392. The number of halogens is 1. The van der Waals surface area contributed by atoms with Crippen LogP contribution in [0.25, 0.3) is 0 Å². The molecule has 0 fully saturated rings.